The molecule has 5 heteroatoms. The molecule has 1 amide bonds. The van der Waals surface area contributed by atoms with E-state index in [1.807, 2.05) is 20.8 Å². The highest BCUT2D eigenvalue weighted by Gasteiger charge is 2.28. The highest BCUT2D eigenvalue weighted by Crippen LogP contribution is 2.10. The van der Waals surface area contributed by atoms with Gasteiger partial charge in [0, 0.05) is 0 Å². The van der Waals surface area contributed by atoms with Crippen LogP contribution >= 0.6 is 0 Å². The number of amides is 1. The first-order chi connectivity index (χ1) is 7.84. The number of nitrogens with one attached hydrogen (secondary N) is 1. The van der Waals surface area contributed by atoms with E-state index in [9.17, 15) is 9.59 Å². The number of carbonyl (C=O) groups is 2. The van der Waals surface area contributed by atoms with Crippen molar-refractivity contribution in [2.75, 3.05) is 0 Å². The fraction of sp³-hybridized carbons (Fsp3) is 0.833. The minimum Gasteiger partial charge on any atom is -0.480 e. The summed E-state index contributed by atoms with van der Waals surface area (Å²) in [6, 6.07) is -1.51. The van der Waals surface area contributed by atoms with Gasteiger partial charge in [-0.1, -0.05) is 40.5 Å². The highest BCUT2D eigenvalue weighted by atomic mass is 16.4. The summed E-state index contributed by atoms with van der Waals surface area (Å²) in [5.41, 5.74) is 5.76. The maximum absolute atomic E-state index is 11.8. The van der Waals surface area contributed by atoms with E-state index in [4.69, 9.17) is 10.8 Å². The lowest BCUT2D eigenvalue weighted by Crippen LogP contribution is -2.52. The van der Waals surface area contributed by atoms with E-state index in [0.29, 0.717) is 6.42 Å². The fourth-order valence-corrected chi connectivity index (χ4v) is 1.44. The Balaban J connectivity index is 4.56. The van der Waals surface area contributed by atoms with Crippen molar-refractivity contribution >= 4 is 11.9 Å². The molecule has 17 heavy (non-hydrogen) atoms. The third-order valence-corrected chi connectivity index (χ3v) is 3.34. The van der Waals surface area contributed by atoms with Gasteiger partial charge in [-0.15, -0.1) is 0 Å². The van der Waals surface area contributed by atoms with Crippen LogP contribution in [0, 0.1) is 11.8 Å². The molecule has 0 aromatic carbocycles. The van der Waals surface area contributed by atoms with Crippen LogP contribution in [0.4, 0.5) is 0 Å². The Hall–Kier alpha value is -1.10. The Bertz CT molecular complexity index is 268. The molecule has 0 fully saturated rings. The zero-order valence-electron chi connectivity index (χ0n) is 11.1. The predicted octanol–water partition coefficient (Wildman–Crippen LogP) is 0.975. The summed E-state index contributed by atoms with van der Waals surface area (Å²) in [5, 5.41) is 11.6. The minimum absolute atomic E-state index is 0.0429. The number of rotatable bonds is 7. The van der Waals surface area contributed by atoms with Crippen molar-refractivity contribution in [3.8, 4) is 0 Å². The van der Waals surface area contributed by atoms with Gasteiger partial charge in [-0.25, -0.2) is 4.79 Å². The molecule has 0 radical (unpaired) electrons. The SMILES string of the molecule is CCC(C)C(N)C(=O)N[C@H](C(=O)O)[C@@H](C)CC. The van der Waals surface area contributed by atoms with Crippen LogP contribution in [0.25, 0.3) is 0 Å². The van der Waals surface area contributed by atoms with E-state index in [1.165, 1.54) is 0 Å². The van der Waals surface area contributed by atoms with Crippen LogP contribution in [0.5, 0.6) is 0 Å². The van der Waals surface area contributed by atoms with Gasteiger partial charge in [-0.3, -0.25) is 4.79 Å². The first-order valence-electron chi connectivity index (χ1n) is 6.13. The second-order valence-corrected chi connectivity index (χ2v) is 4.62. The Kier molecular flexibility index (Phi) is 6.80. The topological polar surface area (TPSA) is 92.4 Å². The second-order valence-electron chi connectivity index (χ2n) is 4.62. The molecule has 0 aliphatic rings. The number of carboxylic acid groups (broad SMARTS) is 1. The summed E-state index contributed by atoms with van der Waals surface area (Å²) in [7, 11) is 0. The monoisotopic (exact) mass is 244 g/mol. The van der Waals surface area contributed by atoms with Crippen LogP contribution in [-0.2, 0) is 9.59 Å². The standard InChI is InChI=1S/C12H24N2O3/c1-5-7(3)9(13)11(15)14-10(12(16)17)8(4)6-2/h7-10H,5-6,13H2,1-4H3,(H,14,15)(H,16,17)/t7?,8-,9?,10-/m0/s1. The highest BCUT2D eigenvalue weighted by molar-refractivity contribution is 5.87. The summed E-state index contributed by atoms with van der Waals surface area (Å²) in [5.74, 6) is -1.46. The van der Waals surface area contributed by atoms with Crippen LogP contribution in [0.15, 0.2) is 0 Å². The van der Waals surface area contributed by atoms with Crippen LogP contribution in [-0.4, -0.2) is 29.1 Å². The van der Waals surface area contributed by atoms with E-state index < -0.39 is 18.1 Å². The number of nitrogens with two attached hydrogens (primary N) is 1. The summed E-state index contributed by atoms with van der Waals surface area (Å²) in [6.45, 7) is 7.51. The zero-order chi connectivity index (χ0) is 13.6. The zero-order valence-corrected chi connectivity index (χ0v) is 11.1. The molecule has 2 unspecified atom stereocenters. The Morgan fingerprint density at radius 3 is 2.00 bits per heavy atom. The van der Waals surface area contributed by atoms with E-state index in [-0.39, 0.29) is 17.7 Å². The van der Waals surface area contributed by atoms with Gasteiger partial charge in [-0.2, -0.15) is 0 Å². The first-order valence-corrected chi connectivity index (χ1v) is 6.13. The van der Waals surface area contributed by atoms with Crippen molar-refractivity contribution in [3.05, 3.63) is 0 Å². The average Bonchev–Trinajstić information content (AvgIpc) is 2.32. The van der Waals surface area contributed by atoms with Gasteiger partial charge >= 0.3 is 5.97 Å². The number of hydrogen-bond acceptors (Lipinski definition) is 3. The normalized spacial score (nSPS) is 17.9. The summed E-state index contributed by atoms with van der Waals surface area (Å²) in [4.78, 5) is 22.8. The molecule has 0 saturated heterocycles. The molecule has 0 aromatic rings. The Morgan fingerprint density at radius 1 is 1.18 bits per heavy atom. The van der Waals surface area contributed by atoms with Crippen molar-refractivity contribution in [2.24, 2.45) is 17.6 Å². The van der Waals surface area contributed by atoms with E-state index in [2.05, 4.69) is 5.32 Å². The average molecular weight is 244 g/mol. The smallest absolute Gasteiger partial charge is 0.326 e. The number of carboxylic acids is 1. The van der Waals surface area contributed by atoms with Crippen molar-refractivity contribution in [3.63, 3.8) is 0 Å². The number of aliphatic carboxylic acids is 1. The van der Waals surface area contributed by atoms with Crippen molar-refractivity contribution < 1.29 is 14.7 Å². The quantitative estimate of drug-likeness (QED) is 0.622. The minimum atomic E-state index is -1.01. The molecule has 0 heterocycles. The molecule has 0 aliphatic carbocycles. The maximum Gasteiger partial charge on any atom is 0.326 e. The van der Waals surface area contributed by atoms with Crippen molar-refractivity contribution in [1.82, 2.24) is 5.32 Å². The van der Waals surface area contributed by atoms with E-state index in [1.54, 1.807) is 6.92 Å². The van der Waals surface area contributed by atoms with E-state index >= 15 is 0 Å². The molecule has 0 bridgehead atoms. The molecule has 0 saturated carbocycles. The molecule has 4 atom stereocenters. The predicted molar refractivity (Wildman–Crippen MR) is 66.5 cm³/mol. The molecular formula is C12H24N2O3. The van der Waals surface area contributed by atoms with Gasteiger partial charge in [0.25, 0.3) is 0 Å². The third-order valence-electron chi connectivity index (χ3n) is 3.34. The summed E-state index contributed by atoms with van der Waals surface area (Å²) >= 11 is 0. The fourth-order valence-electron chi connectivity index (χ4n) is 1.44. The number of carbonyl (C=O) groups excluding carboxylic acids is 1. The molecular weight excluding hydrogens is 220 g/mol. The molecule has 4 N–H and O–H groups in total. The molecule has 100 valence electrons. The summed E-state index contributed by atoms with van der Waals surface area (Å²) < 4.78 is 0. The van der Waals surface area contributed by atoms with Gasteiger partial charge in [0.15, 0.2) is 0 Å². The largest absolute Gasteiger partial charge is 0.480 e. The lowest BCUT2D eigenvalue weighted by atomic mass is 9.96. The van der Waals surface area contributed by atoms with Gasteiger partial charge in [-0.05, 0) is 11.8 Å². The first kappa shape index (κ1) is 15.9. The van der Waals surface area contributed by atoms with Crippen LogP contribution < -0.4 is 11.1 Å². The van der Waals surface area contributed by atoms with E-state index in [0.717, 1.165) is 6.42 Å². The number of hydrogen-bond donors (Lipinski definition) is 3. The molecule has 0 rings (SSSR count). The van der Waals surface area contributed by atoms with Gasteiger partial charge in [0.05, 0.1) is 6.04 Å². The summed E-state index contributed by atoms with van der Waals surface area (Å²) in [6.07, 6.45) is 1.48. The van der Waals surface area contributed by atoms with Gasteiger partial charge in [0.2, 0.25) is 5.91 Å². The lowest BCUT2D eigenvalue weighted by molar-refractivity contribution is -0.143. The van der Waals surface area contributed by atoms with Crippen LogP contribution in [0.1, 0.15) is 40.5 Å². The van der Waals surface area contributed by atoms with Crippen molar-refractivity contribution in [1.29, 1.82) is 0 Å². The van der Waals surface area contributed by atoms with Gasteiger partial charge < -0.3 is 16.2 Å². The molecule has 5 nitrogen and oxygen atoms in total. The maximum atomic E-state index is 11.8. The molecule has 0 spiro atoms. The molecule has 0 aliphatic heterocycles. The lowest BCUT2D eigenvalue weighted by Gasteiger charge is -2.24. The Labute approximate surface area is 103 Å². The van der Waals surface area contributed by atoms with Crippen LogP contribution in [0.2, 0.25) is 0 Å². The van der Waals surface area contributed by atoms with Gasteiger partial charge in [0.1, 0.15) is 6.04 Å². The third kappa shape index (κ3) is 4.73. The Morgan fingerprint density at radius 2 is 1.65 bits per heavy atom. The van der Waals surface area contributed by atoms with Crippen LogP contribution in [0.3, 0.4) is 0 Å². The van der Waals surface area contributed by atoms with Crippen molar-refractivity contribution in [2.45, 2.75) is 52.6 Å². The second kappa shape index (κ2) is 7.27. The molecule has 0 aromatic heterocycles.